The van der Waals surface area contributed by atoms with Gasteiger partial charge in [0.15, 0.2) is 0 Å². The van der Waals surface area contributed by atoms with Crippen LogP contribution < -0.4 is 0 Å². The number of ether oxygens (including phenoxy) is 3. The van der Waals surface area contributed by atoms with Crippen LogP contribution in [-0.2, 0) is 19.0 Å². The van der Waals surface area contributed by atoms with E-state index in [1.807, 2.05) is 0 Å². The molecule has 0 heterocycles. The van der Waals surface area contributed by atoms with Gasteiger partial charge in [0.05, 0.1) is 6.61 Å². The molecule has 0 aliphatic rings. The first-order chi connectivity index (χ1) is 8.31. The van der Waals surface area contributed by atoms with Crippen LogP contribution in [0.4, 0.5) is 0 Å². The average Bonchev–Trinajstić information content (AvgIpc) is 2.35. The number of esters is 1. The molecule has 0 aromatic rings. The Kier molecular flexibility index (Phi) is 12.5. The second kappa shape index (κ2) is 13.2. The summed E-state index contributed by atoms with van der Waals surface area (Å²) in [4.78, 5) is 10.7. The summed E-state index contributed by atoms with van der Waals surface area (Å²) in [5.74, 6) is -0.401. The van der Waals surface area contributed by atoms with Crippen molar-refractivity contribution in [3.8, 4) is 0 Å². The van der Waals surface area contributed by atoms with Crippen molar-refractivity contribution in [1.82, 2.24) is 0 Å². The van der Waals surface area contributed by atoms with Crippen molar-refractivity contribution in [2.45, 2.75) is 19.3 Å². The Labute approximate surface area is 102 Å². The molecule has 5 nitrogen and oxygen atoms in total. The topological polar surface area (TPSA) is 65.0 Å². The van der Waals surface area contributed by atoms with Crippen molar-refractivity contribution >= 4 is 5.97 Å². The van der Waals surface area contributed by atoms with E-state index in [4.69, 9.17) is 19.3 Å². The number of hydrogen-bond donors (Lipinski definition) is 1. The van der Waals surface area contributed by atoms with Gasteiger partial charge in [-0.2, -0.15) is 0 Å². The molecule has 0 saturated carbocycles. The number of aliphatic hydroxyl groups is 1. The fourth-order valence-corrected chi connectivity index (χ4v) is 1.03. The first kappa shape index (κ1) is 16.1. The SMILES string of the molecule is C=CC(=O)OCCCOCCCOCCCO. The van der Waals surface area contributed by atoms with Crippen molar-refractivity contribution in [1.29, 1.82) is 0 Å². The highest BCUT2D eigenvalue weighted by atomic mass is 16.5. The fourth-order valence-electron chi connectivity index (χ4n) is 1.03. The van der Waals surface area contributed by atoms with Crippen molar-refractivity contribution in [2.24, 2.45) is 0 Å². The standard InChI is InChI=1S/C12H22O5/c1-2-12(14)17-11-5-10-16-9-4-8-15-7-3-6-13/h2,13H,1,3-11H2. The van der Waals surface area contributed by atoms with Crippen LogP contribution in [0, 0.1) is 0 Å². The van der Waals surface area contributed by atoms with E-state index in [0.717, 1.165) is 12.5 Å². The molecule has 1 N–H and O–H groups in total. The maximum absolute atomic E-state index is 10.7. The Morgan fingerprint density at radius 2 is 1.53 bits per heavy atom. The van der Waals surface area contributed by atoms with Crippen LogP contribution >= 0.6 is 0 Å². The molecule has 0 spiro atoms. The first-order valence-electron chi connectivity index (χ1n) is 5.86. The molecule has 0 radical (unpaired) electrons. The van der Waals surface area contributed by atoms with Gasteiger partial charge in [-0.1, -0.05) is 6.58 Å². The molecule has 0 fully saturated rings. The normalized spacial score (nSPS) is 10.2. The van der Waals surface area contributed by atoms with E-state index < -0.39 is 5.97 Å². The second-order valence-electron chi connectivity index (χ2n) is 3.38. The lowest BCUT2D eigenvalue weighted by atomic mass is 10.4. The molecule has 0 aromatic carbocycles. The molecule has 0 bridgehead atoms. The lowest BCUT2D eigenvalue weighted by molar-refractivity contribution is -0.138. The second-order valence-corrected chi connectivity index (χ2v) is 3.38. The minimum absolute atomic E-state index is 0.167. The van der Waals surface area contributed by atoms with Crippen molar-refractivity contribution in [3.63, 3.8) is 0 Å². The molecular formula is C12H22O5. The Hall–Kier alpha value is -0.910. The summed E-state index contributed by atoms with van der Waals surface area (Å²) in [6.07, 6.45) is 3.34. The van der Waals surface area contributed by atoms with Crippen LogP contribution in [-0.4, -0.2) is 50.7 Å². The molecule has 0 amide bonds. The van der Waals surface area contributed by atoms with E-state index in [1.54, 1.807) is 0 Å². The summed E-state index contributed by atoms with van der Waals surface area (Å²) in [6, 6.07) is 0. The minimum atomic E-state index is -0.401. The van der Waals surface area contributed by atoms with E-state index in [-0.39, 0.29) is 6.61 Å². The number of aliphatic hydroxyl groups excluding tert-OH is 1. The number of rotatable bonds is 12. The molecule has 0 atom stereocenters. The molecule has 0 rings (SSSR count). The van der Waals surface area contributed by atoms with Crippen LogP contribution in [0.25, 0.3) is 0 Å². The highest BCUT2D eigenvalue weighted by Gasteiger charge is 1.95. The van der Waals surface area contributed by atoms with Crippen LogP contribution in [0.15, 0.2) is 12.7 Å². The van der Waals surface area contributed by atoms with Crippen molar-refractivity contribution < 1.29 is 24.1 Å². The van der Waals surface area contributed by atoms with Gasteiger partial charge in [0.1, 0.15) is 0 Å². The quantitative estimate of drug-likeness (QED) is 0.315. The van der Waals surface area contributed by atoms with Gasteiger partial charge >= 0.3 is 5.97 Å². The monoisotopic (exact) mass is 246 g/mol. The van der Waals surface area contributed by atoms with Crippen LogP contribution in [0.3, 0.4) is 0 Å². The molecule has 0 unspecified atom stereocenters. The van der Waals surface area contributed by atoms with E-state index in [2.05, 4.69) is 6.58 Å². The fraction of sp³-hybridized carbons (Fsp3) is 0.750. The van der Waals surface area contributed by atoms with E-state index in [9.17, 15) is 4.79 Å². The number of hydrogen-bond acceptors (Lipinski definition) is 5. The third kappa shape index (κ3) is 13.0. The van der Waals surface area contributed by atoms with Crippen LogP contribution in [0.2, 0.25) is 0 Å². The number of carbonyl (C=O) groups is 1. The molecule has 0 aromatic heterocycles. The molecule has 0 aliphatic carbocycles. The lowest BCUT2D eigenvalue weighted by Crippen LogP contribution is -2.07. The van der Waals surface area contributed by atoms with Gasteiger partial charge in [-0.15, -0.1) is 0 Å². The van der Waals surface area contributed by atoms with Gasteiger partial charge in [-0.25, -0.2) is 4.79 Å². The van der Waals surface area contributed by atoms with Crippen molar-refractivity contribution in [2.75, 3.05) is 39.6 Å². The first-order valence-corrected chi connectivity index (χ1v) is 5.86. The zero-order chi connectivity index (χ0) is 12.8. The number of carbonyl (C=O) groups excluding carboxylic acids is 1. The maximum atomic E-state index is 10.7. The molecule has 100 valence electrons. The summed E-state index contributed by atoms with van der Waals surface area (Å²) < 4.78 is 15.3. The Morgan fingerprint density at radius 1 is 1.00 bits per heavy atom. The predicted molar refractivity (Wildman–Crippen MR) is 63.7 cm³/mol. The molecular weight excluding hydrogens is 224 g/mol. The highest BCUT2D eigenvalue weighted by Crippen LogP contribution is 1.90. The summed E-state index contributed by atoms with van der Waals surface area (Å²) in [6.45, 7) is 6.26. The Bertz CT molecular complexity index is 193. The van der Waals surface area contributed by atoms with E-state index in [1.165, 1.54) is 0 Å². The van der Waals surface area contributed by atoms with Gasteiger partial charge in [0.25, 0.3) is 0 Å². The van der Waals surface area contributed by atoms with Crippen molar-refractivity contribution in [3.05, 3.63) is 12.7 Å². The summed E-state index contributed by atoms with van der Waals surface area (Å²) in [5.41, 5.74) is 0. The van der Waals surface area contributed by atoms with Gasteiger partial charge in [-0.05, 0) is 12.8 Å². The zero-order valence-corrected chi connectivity index (χ0v) is 10.2. The zero-order valence-electron chi connectivity index (χ0n) is 10.2. The lowest BCUT2D eigenvalue weighted by Gasteiger charge is -2.05. The third-order valence-electron chi connectivity index (χ3n) is 1.87. The van der Waals surface area contributed by atoms with E-state index in [0.29, 0.717) is 45.9 Å². The predicted octanol–water partition coefficient (Wildman–Crippen LogP) is 0.911. The van der Waals surface area contributed by atoms with E-state index >= 15 is 0 Å². The third-order valence-corrected chi connectivity index (χ3v) is 1.87. The van der Waals surface area contributed by atoms with Crippen LogP contribution in [0.5, 0.6) is 0 Å². The Balaban J connectivity index is 2.98. The maximum Gasteiger partial charge on any atom is 0.330 e. The van der Waals surface area contributed by atoms with Crippen LogP contribution in [0.1, 0.15) is 19.3 Å². The summed E-state index contributed by atoms with van der Waals surface area (Å²) in [7, 11) is 0. The largest absolute Gasteiger partial charge is 0.462 e. The van der Waals surface area contributed by atoms with Gasteiger partial charge < -0.3 is 19.3 Å². The molecule has 0 saturated heterocycles. The van der Waals surface area contributed by atoms with Gasteiger partial charge in [0.2, 0.25) is 0 Å². The van der Waals surface area contributed by atoms with Gasteiger partial charge in [-0.3, -0.25) is 0 Å². The Morgan fingerprint density at radius 3 is 2.06 bits per heavy atom. The minimum Gasteiger partial charge on any atom is -0.462 e. The molecule has 0 aliphatic heterocycles. The smallest absolute Gasteiger partial charge is 0.330 e. The summed E-state index contributed by atoms with van der Waals surface area (Å²) in [5, 5.41) is 8.50. The van der Waals surface area contributed by atoms with Gasteiger partial charge in [0, 0.05) is 45.5 Å². The summed E-state index contributed by atoms with van der Waals surface area (Å²) >= 11 is 0. The highest BCUT2D eigenvalue weighted by molar-refractivity contribution is 5.81. The molecule has 17 heavy (non-hydrogen) atoms. The average molecular weight is 246 g/mol. The molecule has 5 heteroatoms.